The van der Waals surface area contributed by atoms with Gasteiger partial charge in [-0.25, -0.2) is 27.5 Å². The average molecular weight is 505 g/mol. The summed E-state index contributed by atoms with van der Waals surface area (Å²) in [6.07, 6.45) is 2.81. The molecule has 194 valence electrons. The van der Waals surface area contributed by atoms with Crippen molar-refractivity contribution in [3.63, 3.8) is 0 Å². The largest absolute Gasteiger partial charge is 0.341 e. The zero-order valence-electron chi connectivity index (χ0n) is 19.2. The molecular weight excluding hydrogens is 472 g/mol. The summed E-state index contributed by atoms with van der Waals surface area (Å²) in [7, 11) is 0. The van der Waals surface area contributed by atoms with Crippen molar-refractivity contribution in [3.05, 3.63) is 72.6 Å². The Morgan fingerprint density at radius 3 is 1.31 bits per heavy atom. The molecule has 0 saturated carbocycles. The number of benzene rings is 2. The maximum atomic E-state index is 13.5. The van der Waals surface area contributed by atoms with Crippen molar-refractivity contribution in [2.24, 2.45) is 0 Å². The fourth-order valence-corrected chi connectivity index (χ4v) is 4.82. The lowest BCUT2D eigenvalue weighted by Gasteiger charge is -2.07. The summed E-state index contributed by atoms with van der Waals surface area (Å²) in [5.74, 6) is -4.39. The molecule has 6 nitrogen and oxygen atoms in total. The Labute approximate surface area is 210 Å². The van der Waals surface area contributed by atoms with Gasteiger partial charge in [-0.2, -0.15) is 0 Å². The van der Waals surface area contributed by atoms with Gasteiger partial charge in [0.25, 0.3) is 11.8 Å². The number of hydrogen-bond donors (Lipinski definition) is 4. The molecule has 2 aliphatic rings. The van der Waals surface area contributed by atoms with Gasteiger partial charge < -0.3 is 20.6 Å². The molecule has 36 heavy (non-hydrogen) atoms. The first-order chi connectivity index (χ1) is 17.2. The molecule has 2 aromatic carbocycles. The van der Waals surface area contributed by atoms with Crippen LogP contribution in [0.2, 0.25) is 0 Å². The van der Waals surface area contributed by atoms with E-state index in [4.69, 9.17) is 0 Å². The van der Waals surface area contributed by atoms with Gasteiger partial charge in [0.15, 0.2) is 0 Å². The molecular formula is C26H32F4N6. The number of H-pyrrole nitrogens is 2. The summed E-state index contributed by atoms with van der Waals surface area (Å²) in [6, 6.07) is 14.9. The van der Waals surface area contributed by atoms with E-state index in [1.54, 1.807) is 12.4 Å². The van der Waals surface area contributed by atoms with E-state index >= 15 is 0 Å². The Morgan fingerprint density at radius 1 is 0.611 bits per heavy atom. The highest BCUT2D eigenvalue weighted by molar-refractivity contribution is 5.71. The van der Waals surface area contributed by atoms with E-state index in [0.717, 1.165) is 33.6 Å². The molecule has 0 bridgehead atoms. The molecule has 0 radical (unpaired) electrons. The van der Waals surface area contributed by atoms with Crippen LogP contribution in [0.3, 0.4) is 0 Å². The smallest absolute Gasteiger partial charge is 0.262 e. The molecule has 4 N–H and O–H groups in total. The zero-order chi connectivity index (χ0) is 24.9. The van der Waals surface area contributed by atoms with Gasteiger partial charge in [0.2, 0.25) is 0 Å². The number of imidazole rings is 2. The molecule has 10 heteroatoms. The topological polar surface area (TPSA) is 81.4 Å². The number of rotatable bonds is 5. The van der Waals surface area contributed by atoms with Gasteiger partial charge in [0.1, 0.15) is 11.6 Å². The molecule has 2 saturated heterocycles. The normalized spacial score (nSPS) is 22.8. The van der Waals surface area contributed by atoms with Crippen molar-refractivity contribution in [1.29, 1.82) is 0 Å². The van der Waals surface area contributed by atoms with E-state index < -0.39 is 23.9 Å². The highest BCUT2D eigenvalue weighted by Gasteiger charge is 2.41. The van der Waals surface area contributed by atoms with E-state index in [9.17, 15) is 17.6 Å². The molecule has 0 aliphatic carbocycles. The fourth-order valence-electron chi connectivity index (χ4n) is 4.82. The summed E-state index contributed by atoms with van der Waals surface area (Å²) >= 11 is 0. The number of halogens is 4. The Hall–Kier alpha value is -3.50. The average Bonchev–Trinajstić information content (AvgIpc) is 3.65. The van der Waals surface area contributed by atoms with E-state index in [-0.39, 0.29) is 31.6 Å². The van der Waals surface area contributed by atoms with Crippen molar-refractivity contribution < 1.29 is 23.3 Å². The zero-order valence-corrected chi connectivity index (χ0v) is 19.2. The molecule has 2 atom stereocenters. The number of nitrogens with zero attached hydrogens (tertiary/aromatic N) is 2. The van der Waals surface area contributed by atoms with Gasteiger partial charge >= 0.3 is 0 Å². The maximum Gasteiger partial charge on any atom is 0.262 e. The summed E-state index contributed by atoms with van der Waals surface area (Å²) < 4.78 is 54.0. The van der Waals surface area contributed by atoms with Crippen molar-refractivity contribution in [2.45, 2.75) is 36.8 Å². The molecule has 2 aliphatic heterocycles. The molecule has 6 rings (SSSR count). The van der Waals surface area contributed by atoms with Gasteiger partial charge in [-0.1, -0.05) is 48.5 Å². The van der Waals surface area contributed by atoms with Crippen molar-refractivity contribution in [3.8, 4) is 33.6 Å². The van der Waals surface area contributed by atoms with Gasteiger partial charge in [-0.15, -0.1) is 0 Å². The first-order valence-corrected chi connectivity index (χ1v) is 11.8. The van der Waals surface area contributed by atoms with Crippen LogP contribution in [0.4, 0.5) is 17.6 Å². The Kier molecular flexibility index (Phi) is 5.45. The first kappa shape index (κ1) is 22.9. The highest BCUT2D eigenvalue weighted by atomic mass is 19.3. The summed E-state index contributed by atoms with van der Waals surface area (Å²) in [6.45, 7) is -0.668. The molecule has 0 amide bonds. The number of hydrogen-bond acceptors (Lipinski definition) is 4. The van der Waals surface area contributed by atoms with Gasteiger partial charge in [0.05, 0.1) is 49.0 Å². The molecule has 2 aromatic heterocycles. The lowest BCUT2D eigenvalue weighted by Crippen LogP contribution is -2.19. The van der Waals surface area contributed by atoms with Crippen LogP contribution in [0.5, 0.6) is 0 Å². The predicted molar refractivity (Wildman–Crippen MR) is 136 cm³/mol. The van der Waals surface area contributed by atoms with Crippen LogP contribution in [0, 0.1) is 0 Å². The summed E-state index contributed by atoms with van der Waals surface area (Å²) in [4.78, 5) is 14.9. The van der Waals surface area contributed by atoms with E-state index in [1.807, 2.05) is 48.5 Å². The maximum absolute atomic E-state index is 13.5. The van der Waals surface area contributed by atoms with Crippen LogP contribution >= 0.6 is 0 Å². The second kappa shape index (κ2) is 8.56. The molecule has 0 unspecified atom stereocenters. The number of nitrogens with one attached hydrogen (secondary N) is 4. The van der Waals surface area contributed by atoms with Crippen molar-refractivity contribution in [1.82, 2.24) is 30.6 Å². The van der Waals surface area contributed by atoms with Crippen LogP contribution < -0.4 is 10.6 Å². The Bertz CT molecular complexity index is 1270. The summed E-state index contributed by atoms with van der Waals surface area (Å²) in [5, 5.41) is 5.62. The third-order valence-corrected chi connectivity index (χ3v) is 6.80. The standard InChI is InChI=1S/C26H24F4N6.4H2/c27-25(28)9-19(33-13-25)23-31-11-21(35-23)17-5-1-15(2-6-17)16-3-7-18(8-4-16)22-12-32-24(36-22)20-10-26(29,30)14-34-20;;;;/h1-8,11-12,19-20,33-34H,9-10,13-14H2,(H,31,35)(H,32,36);4*1H/t19-,20-;;;;/m0..../s1. The lowest BCUT2D eigenvalue weighted by molar-refractivity contribution is 0.0201. The molecule has 4 heterocycles. The van der Waals surface area contributed by atoms with Crippen molar-refractivity contribution in [2.75, 3.05) is 13.1 Å². The second-order valence-electron chi connectivity index (χ2n) is 9.51. The van der Waals surface area contributed by atoms with Crippen LogP contribution in [0.1, 0.15) is 42.3 Å². The quantitative estimate of drug-likeness (QED) is 0.235. The Morgan fingerprint density at radius 2 is 0.972 bits per heavy atom. The predicted octanol–water partition coefficient (Wildman–Crippen LogP) is 6.46. The SMILES string of the molecule is FC1(F)CN[C@H](c2ncc(-c3ccc(-c4ccc(-c5cnc([C@@H]6CC(F)(F)CN6)[nH]5)cc4)cc3)[nH]2)C1.[HH].[HH].[HH].[HH]. The molecule has 0 spiro atoms. The van der Waals surface area contributed by atoms with Crippen LogP contribution in [0.15, 0.2) is 60.9 Å². The highest BCUT2D eigenvalue weighted by Crippen LogP contribution is 2.35. The molecule has 2 fully saturated rings. The number of aromatic amines is 2. The third-order valence-electron chi connectivity index (χ3n) is 6.80. The minimum absolute atomic E-state index is 0. The minimum Gasteiger partial charge on any atom is -0.341 e. The van der Waals surface area contributed by atoms with E-state index in [2.05, 4.69) is 30.6 Å². The lowest BCUT2D eigenvalue weighted by atomic mass is 10.0. The fraction of sp³-hybridized carbons (Fsp3) is 0.308. The summed E-state index contributed by atoms with van der Waals surface area (Å²) in [5.41, 5.74) is 5.40. The van der Waals surface area contributed by atoms with Crippen LogP contribution in [-0.2, 0) is 0 Å². The van der Waals surface area contributed by atoms with Gasteiger partial charge in [-0.3, -0.25) is 0 Å². The van der Waals surface area contributed by atoms with Crippen molar-refractivity contribution >= 4 is 0 Å². The van der Waals surface area contributed by atoms with E-state index in [1.165, 1.54) is 0 Å². The first-order valence-electron chi connectivity index (χ1n) is 11.8. The minimum atomic E-state index is -2.71. The van der Waals surface area contributed by atoms with Gasteiger partial charge in [-0.05, 0) is 22.3 Å². The van der Waals surface area contributed by atoms with Crippen LogP contribution in [-0.4, -0.2) is 44.9 Å². The van der Waals surface area contributed by atoms with Crippen LogP contribution in [0.25, 0.3) is 33.6 Å². The number of alkyl halides is 4. The monoisotopic (exact) mass is 504 g/mol. The molecule has 4 aromatic rings. The third kappa shape index (κ3) is 4.54. The Balaban J connectivity index is 0.00000140. The number of aromatic nitrogens is 4. The van der Waals surface area contributed by atoms with Gasteiger partial charge in [0, 0.05) is 18.5 Å². The van der Waals surface area contributed by atoms with E-state index in [0.29, 0.717) is 11.6 Å². The second-order valence-corrected chi connectivity index (χ2v) is 9.51.